The first-order valence-electron chi connectivity index (χ1n) is 6.14. The van der Waals surface area contributed by atoms with Crippen molar-refractivity contribution in [1.29, 1.82) is 0 Å². The smallest absolute Gasteiger partial charge is 0.133 e. The third-order valence-corrected chi connectivity index (χ3v) is 2.56. The van der Waals surface area contributed by atoms with E-state index >= 15 is 0 Å². The van der Waals surface area contributed by atoms with Crippen LogP contribution in [0.2, 0.25) is 0 Å². The summed E-state index contributed by atoms with van der Waals surface area (Å²) in [5.41, 5.74) is 0. The Bertz CT molecular complexity index is 258. The number of methoxy groups -OCH3 is 1. The predicted octanol–water partition coefficient (Wildman–Crippen LogP) is 2.09. The zero-order valence-corrected chi connectivity index (χ0v) is 10.8. The number of rotatable bonds is 11. The zero-order valence-electron chi connectivity index (χ0n) is 10.8. The van der Waals surface area contributed by atoms with Crippen LogP contribution >= 0.6 is 0 Å². The molecule has 0 unspecified atom stereocenters. The molecule has 0 bridgehead atoms. The molecule has 0 aromatic carbocycles. The summed E-state index contributed by atoms with van der Waals surface area (Å²) in [6.45, 7) is 2.36. The number of ketones is 3. The lowest BCUT2D eigenvalue weighted by molar-refractivity contribution is -0.126. The van der Waals surface area contributed by atoms with Gasteiger partial charge in [0.2, 0.25) is 0 Å². The van der Waals surface area contributed by atoms with Gasteiger partial charge in [0.25, 0.3) is 0 Å². The summed E-state index contributed by atoms with van der Waals surface area (Å²) in [6, 6.07) is 0. The predicted molar refractivity (Wildman–Crippen MR) is 64.9 cm³/mol. The molecule has 4 nitrogen and oxygen atoms in total. The number of carbonyl (C=O) groups is 3. The van der Waals surface area contributed by atoms with Crippen LogP contribution < -0.4 is 0 Å². The van der Waals surface area contributed by atoms with E-state index in [1.807, 2.05) is 0 Å². The minimum absolute atomic E-state index is 0.00638. The monoisotopic (exact) mass is 242 g/mol. The summed E-state index contributed by atoms with van der Waals surface area (Å²) in [6.07, 6.45) is 2.80. The summed E-state index contributed by atoms with van der Waals surface area (Å²) >= 11 is 0. The third kappa shape index (κ3) is 9.87. The van der Waals surface area contributed by atoms with Crippen molar-refractivity contribution in [3.8, 4) is 0 Å². The van der Waals surface area contributed by atoms with Gasteiger partial charge in [0.05, 0.1) is 0 Å². The van der Waals surface area contributed by atoms with E-state index < -0.39 is 0 Å². The molecular formula is C13H22O4. The molecule has 0 aromatic heterocycles. The lowest BCUT2D eigenvalue weighted by Gasteiger charge is -2.01. The van der Waals surface area contributed by atoms with Crippen LogP contribution in [0.3, 0.4) is 0 Å². The van der Waals surface area contributed by atoms with Crippen molar-refractivity contribution >= 4 is 17.3 Å². The van der Waals surface area contributed by atoms with E-state index in [2.05, 4.69) is 0 Å². The highest BCUT2D eigenvalue weighted by Gasteiger charge is 2.08. The molecule has 0 aromatic rings. The molecular weight excluding hydrogens is 220 g/mol. The second-order valence-corrected chi connectivity index (χ2v) is 4.07. The number of ether oxygens (including phenoxy) is 1. The average Bonchev–Trinajstić information content (AvgIpc) is 2.33. The second kappa shape index (κ2) is 10.1. The van der Waals surface area contributed by atoms with Crippen LogP contribution in [-0.4, -0.2) is 31.1 Å². The SMILES string of the molecule is CCC(=O)CCC(=O)CCC(=O)CCCOC. The quantitative estimate of drug-likeness (QED) is 0.520. The van der Waals surface area contributed by atoms with Crippen molar-refractivity contribution in [1.82, 2.24) is 0 Å². The third-order valence-electron chi connectivity index (χ3n) is 2.56. The number of carbonyl (C=O) groups excluding carboxylic acids is 3. The molecule has 0 N–H and O–H groups in total. The average molecular weight is 242 g/mol. The summed E-state index contributed by atoms with van der Waals surface area (Å²) in [5.74, 6) is 0.203. The van der Waals surface area contributed by atoms with Crippen molar-refractivity contribution in [2.45, 2.75) is 51.9 Å². The van der Waals surface area contributed by atoms with Crippen LogP contribution in [0, 0.1) is 0 Å². The van der Waals surface area contributed by atoms with E-state index in [0.29, 0.717) is 38.7 Å². The van der Waals surface area contributed by atoms with Gasteiger partial charge in [0.15, 0.2) is 0 Å². The van der Waals surface area contributed by atoms with Crippen molar-refractivity contribution < 1.29 is 19.1 Å². The Kier molecular flexibility index (Phi) is 9.53. The van der Waals surface area contributed by atoms with E-state index in [1.54, 1.807) is 14.0 Å². The Labute approximate surface area is 103 Å². The van der Waals surface area contributed by atoms with Crippen molar-refractivity contribution in [3.63, 3.8) is 0 Å². The van der Waals surface area contributed by atoms with Gasteiger partial charge in [-0.1, -0.05) is 6.92 Å². The highest BCUT2D eigenvalue weighted by atomic mass is 16.5. The lowest BCUT2D eigenvalue weighted by atomic mass is 10.0. The highest BCUT2D eigenvalue weighted by molar-refractivity contribution is 5.88. The topological polar surface area (TPSA) is 60.4 Å². The Balaban J connectivity index is 3.55. The van der Waals surface area contributed by atoms with Gasteiger partial charge < -0.3 is 4.74 Å². The summed E-state index contributed by atoms with van der Waals surface area (Å²) in [5, 5.41) is 0. The Morgan fingerprint density at radius 3 is 1.76 bits per heavy atom. The molecule has 4 heteroatoms. The van der Waals surface area contributed by atoms with Gasteiger partial charge in [-0.2, -0.15) is 0 Å². The van der Waals surface area contributed by atoms with Gasteiger partial charge in [0, 0.05) is 52.2 Å². The molecule has 98 valence electrons. The molecule has 0 spiro atoms. The van der Waals surface area contributed by atoms with Crippen molar-refractivity contribution in [2.24, 2.45) is 0 Å². The first-order chi connectivity index (χ1) is 8.10. The molecule has 0 aliphatic carbocycles. The van der Waals surface area contributed by atoms with Crippen LogP contribution in [0.15, 0.2) is 0 Å². The fourth-order valence-electron chi connectivity index (χ4n) is 1.40. The normalized spacial score (nSPS) is 10.2. The fourth-order valence-corrected chi connectivity index (χ4v) is 1.40. The molecule has 0 aliphatic rings. The first kappa shape index (κ1) is 16.0. The van der Waals surface area contributed by atoms with Crippen LogP contribution in [-0.2, 0) is 19.1 Å². The van der Waals surface area contributed by atoms with Gasteiger partial charge in [-0.05, 0) is 6.42 Å². The van der Waals surface area contributed by atoms with E-state index in [1.165, 1.54) is 0 Å². The van der Waals surface area contributed by atoms with E-state index in [4.69, 9.17) is 4.74 Å². The minimum atomic E-state index is 0.00638. The summed E-state index contributed by atoms with van der Waals surface area (Å²) in [4.78, 5) is 33.7. The molecule has 0 aliphatic heterocycles. The molecule has 0 radical (unpaired) electrons. The lowest BCUT2D eigenvalue weighted by Crippen LogP contribution is -2.07. The van der Waals surface area contributed by atoms with E-state index in [0.717, 1.165) is 0 Å². The number of hydrogen-bond acceptors (Lipinski definition) is 4. The number of Topliss-reactive ketones (excluding diaryl/α,β-unsaturated/α-hetero) is 3. The van der Waals surface area contributed by atoms with Crippen LogP contribution in [0.5, 0.6) is 0 Å². The van der Waals surface area contributed by atoms with E-state index in [-0.39, 0.29) is 30.2 Å². The second-order valence-electron chi connectivity index (χ2n) is 4.07. The molecule has 0 rings (SSSR count). The Morgan fingerprint density at radius 2 is 1.29 bits per heavy atom. The Morgan fingerprint density at radius 1 is 0.824 bits per heavy atom. The Hall–Kier alpha value is -1.03. The van der Waals surface area contributed by atoms with E-state index in [9.17, 15) is 14.4 Å². The van der Waals surface area contributed by atoms with Gasteiger partial charge in [-0.3, -0.25) is 14.4 Å². The minimum Gasteiger partial charge on any atom is -0.385 e. The summed E-state index contributed by atoms with van der Waals surface area (Å²) < 4.78 is 4.84. The summed E-state index contributed by atoms with van der Waals surface area (Å²) in [7, 11) is 1.60. The van der Waals surface area contributed by atoms with Crippen LogP contribution in [0.1, 0.15) is 51.9 Å². The molecule has 0 heterocycles. The van der Waals surface area contributed by atoms with Gasteiger partial charge in [0.1, 0.15) is 17.3 Å². The molecule has 17 heavy (non-hydrogen) atoms. The molecule has 0 saturated carbocycles. The molecule has 0 amide bonds. The standard InChI is InChI=1S/C13H22O4/c1-3-11(14)6-7-13(16)9-8-12(15)5-4-10-17-2/h3-10H2,1-2H3. The fraction of sp³-hybridized carbons (Fsp3) is 0.769. The first-order valence-corrected chi connectivity index (χ1v) is 6.14. The number of hydrogen-bond donors (Lipinski definition) is 0. The van der Waals surface area contributed by atoms with Crippen molar-refractivity contribution in [3.05, 3.63) is 0 Å². The maximum Gasteiger partial charge on any atom is 0.133 e. The molecule has 0 atom stereocenters. The van der Waals surface area contributed by atoms with Crippen LogP contribution in [0.4, 0.5) is 0 Å². The van der Waals surface area contributed by atoms with Crippen LogP contribution in [0.25, 0.3) is 0 Å². The largest absolute Gasteiger partial charge is 0.385 e. The maximum atomic E-state index is 11.4. The van der Waals surface area contributed by atoms with Gasteiger partial charge in [-0.25, -0.2) is 0 Å². The van der Waals surface area contributed by atoms with Gasteiger partial charge in [-0.15, -0.1) is 0 Å². The van der Waals surface area contributed by atoms with Gasteiger partial charge >= 0.3 is 0 Å². The maximum absolute atomic E-state index is 11.4. The highest BCUT2D eigenvalue weighted by Crippen LogP contribution is 2.04. The molecule has 0 fully saturated rings. The molecule has 0 saturated heterocycles. The zero-order chi connectivity index (χ0) is 13.1. The van der Waals surface area contributed by atoms with Crippen molar-refractivity contribution in [2.75, 3.05) is 13.7 Å².